The summed E-state index contributed by atoms with van der Waals surface area (Å²) in [4.78, 5) is 4.79. The molecule has 0 aliphatic rings. The summed E-state index contributed by atoms with van der Waals surface area (Å²) in [5.41, 5.74) is 1.27. The Morgan fingerprint density at radius 3 is 2.43 bits per heavy atom. The Balaban J connectivity index is 2.25. The number of hydrogen-bond donors (Lipinski definition) is 1. The van der Waals surface area contributed by atoms with Gasteiger partial charge in [0, 0.05) is 37.2 Å². The van der Waals surface area contributed by atoms with Gasteiger partial charge in [0.2, 0.25) is 0 Å². The molecule has 21 heavy (non-hydrogen) atoms. The fourth-order valence-electron chi connectivity index (χ4n) is 2.37. The van der Waals surface area contributed by atoms with Gasteiger partial charge in [-0.2, -0.15) is 0 Å². The molecule has 3 nitrogen and oxygen atoms in total. The van der Waals surface area contributed by atoms with Crippen LogP contribution in [0.2, 0.25) is 5.02 Å². The lowest BCUT2D eigenvalue weighted by Gasteiger charge is -2.25. The molecule has 4 heteroatoms. The zero-order valence-corrected chi connectivity index (χ0v) is 14.7. The van der Waals surface area contributed by atoms with Crippen molar-refractivity contribution in [2.75, 3.05) is 46.3 Å². The molecular weight excluding hydrogens is 282 g/mol. The van der Waals surface area contributed by atoms with Gasteiger partial charge in [0.15, 0.2) is 0 Å². The summed E-state index contributed by atoms with van der Waals surface area (Å²) < 4.78 is 0. The van der Waals surface area contributed by atoms with E-state index >= 15 is 0 Å². The van der Waals surface area contributed by atoms with Gasteiger partial charge in [-0.3, -0.25) is 4.90 Å². The minimum absolute atomic E-state index is 0.383. The van der Waals surface area contributed by atoms with Gasteiger partial charge in [-0.05, 0) is 44.8 Å². The lowest BCUT2D eigenvalue weighted by molar-refractivity contribution is 0.255. The van der Waals surface area contributed by atoms with Crippen molar-refractivity contribution in [1.82, 2.24) is 15.1 Å². The third kappa shape index (κ3) is 6.79. The van der Waals surface area contributed by atoms with Crippen molar-refractivity contribution in [3.8, 4) is 0 Å². The molecule has 0 bridgehead atoms. The molecule has 0 aliphatic carbocycles. The molecule has 0 aromatic heterocycles. The van der Waals surface area contributed by atoms with Gasteiger partial charge in [-0.15, -0.1) is 0 Å². The van der Waals surface area contributed by atoms with Gasteiger partial charge in [-0.1, -0.05) is 37.6 Å². The topological polar surface area (TPSA) is 18.5 Å². The zero-order chi connectivity index (χ0) is 15.7. The van der Waals surface area contributed by atoms with Gasteiger partial charge in [-0.25, -0.2) is 0 Å². The Labute approximate surface area is 135 Å². The number of rotatable bonds is 10. The van der Waals surface area contributed by atoms with Crippen LogP contribution in [-0.4, -0.2) is 56.1 Å². The highest BCUT2D eigenvalue weighted by Crippen LogP contribution is 2.21. The second-order valence-corrected chi connectivity index (χ2v) is 5.92. The first-order valence-electron chi connectivity index (χ1n) is 7.97. The standard InChI is InChI=1S/C17H30ClN3/c1-5-21(6-2)13-11-19-10-12-20(4)15(3)16-8-7-9-17(18)14-16/h7-9,14-15,19H,5-6,10-13H2,1-4H3. The molecule has 0 aliphatic heterocycles. The number of likely N-dealkylation sites (N-methyl/N-ethyl adjacent to an activating group) is 2. The molecule has 0 amide bonds. The Bertz CT molecular complexity index is 393. The minimum Gasteiger partial charge on any atom is -0.314 e. The van der Waals surface area contributed by atoms with Crippen molar-refractivity contribution in [1.29, 1.82) is 0 Å². The molecule has 1 N–H and O–H groups in total. The molecule has 1 atom stereocenters. The van der Waals surface area contributed by atoms with Gasteiger partial charge in [0.25, 0.3) is 0 Å². The summed E-state index contributed by atoms with van der Waals surface area (Å²) in [6.45, 7) is 13.1. The fraction of sp³-hybridized carbons (Fsp3) is 0.647. The highest BCUT2D eigenvalue weighted by Gasteiger charge is 2.11. The van der Waals surface area contributed by atoms with Crippen LogP contribution in [-0.2, 0) is 0 Å². The van der Waals surface area contributed by atoms with E-state index in [9.17, 15) is 0 Å². The highest BCUT2D eigenvalue weighted by molar-refractivity contribution is 6.30. The van der Waals surface area contributed by atoms with E-state index < -0.39 is 0 Å². The predicted molar refractivity (Wildman–Crippen MR) is 93.2 cm³/mol. The molecule has 120 valence electrons. The largest absolute Gasteiger partial charge is 0.314 e. The summed E-state index contributed by atoms with van der Waals surface area (Å²) in [7, 11) is 2.16. The van der Waals surface area contributed by atoms with Crippen molar-refractivity contribution in [3.05, 3.63) is 34.9 Å². The second-order valence-electron chi connectivity index (χ2n) is 5.49. The number of nitrogens with one attached hydrogen (secondary N) is 1. The van der Waals surface area contributed by atoms with Crippen LogP contribution in [0.4, 0.5) is 0 Å². The average Bonchev–Trinajstić information content (AvgIpc) is 2.50. The molecule has 0 fully saturated rings. The highest BCUT2D eigenvalue weighted by atomic mass is 35.5. The summed E-state index contributed by atoms with van der Waals surface area (Å²) in [6.07, 6.45) is 0. The molecule has 0 spiro atoms. The summed E-state index contributed by atoms with van der Waals surface area (Å²) in [6, 6.07) is 8.52. The Morgan fingerprint density at radius 2 is 1.81 bits per heavy atom. The van der Waals surface area contributed by atoms with Crippen LogP contribution >= 0.6 is 11.6 Å². The minimum atomic E-state index is 0.383. The normalized spacial score (nSPS) is 13.1. The molecule has 0 heterocycles. The first kappa shape index (κ1) is 18.4. The molecule has 0 radical (unpaired) electrons. The van der Waals surface area contributed by atoms with Crippen LogP contribution in [0.15, 0.2) is 24.3 Å². The smallest absolute Gasteiger partial charge is 0.0409 e. The van der Waals surface area contributed by atoms with E-state index in [1.165, 1.54) is 5.56 Å². The van der Waals surface area contributed by atoms with E-state index in [4.69, 9.17) is 11.6 Å². The third-order valence-electron chi connectivity index (χ3n) is 4.13. The summed E-state index contributed by atoms with van der Waals surface area (Å²) >= 11 is 6.06. The van der Waals surface area contributed by atoms with Crippen LogP contribution < -0.4 is 5.32 Å². The average molecular weight is 312 g/mol. The van der Waals surface area contributed by atoms with E-state index in [0.29, 0.717) is 6.04 Å². The van der Waals surface area contributed by atoms with Gasteiger partial charge in [0.05, 0.1) is 0 Å². The summed E-state index contributed by atoms with van der Waals surface area (Å²) in [5, 5.41) is 4.33. The zero-order valence-electron chi connectivity index (χ0n) is 13.9. The van der Waals surface area contributed by atoms with E-state index in [-0.39, 0.29) is 0 Å². The molecule has 1 rings (SSSR count). The number of halogens is 1. The number of nitrogens with zero attached hydrogens (tertiary/aromatic N) is 2. The maximum absolute atomic E-state index is 6.06. The summed E-state index contributed by atoms with van der Waals surface area (Å²) in [5.74, 6) is 0. The number of benzene rings is 1. The SMILES string of the molecule is CCN(CC)CCNCCN(C)C(C)c1cccc(Cl)c1. The molecule has 1 aromatic carbocycles. The quantitative estimate of drug-likeness (QED) is 0.669. The van der Waals surface area contributed by atoms with E-state index in [1.54, 1.807) is 0 Å². The number of hydrogen-bond acceptors (Lipinski definition) is 3. The van der Waals surface area contributed by atoms with Crippen LogP contribution in [0.3, 0.4) is 0 Å². The fourth-order valence-corrected chi connectivity index (χ4v) is 2.57. The van der Waals surface area contributed by atoms with Gasteiger partial charge < -0.3 is 10.2 Å². The lowest BCUT2D eigenvalue weighted by Crippen LogP contribution is -2.36. The second kappa shape index (κ2) is 10.2. The Morgan fingerprint density at radius 1 is 1.14 bits per heavy atom. The maximum Gasteiger partial charge on any atom is 0.0409 e. The molecule has 1 unspecified atom stereocenters. The first-order valence-corrected chi connectivity index (χ1v) is 8.35. The van der Waals surface area contributed by atoms with Gasteiger partial charge in [0.1, 0.15) is 0 Å². The monoisotopic (exact) mass is 311 g/mol. The van der Waals surface area contributed by atoms with Crippen LogP contribution in [0.25, 0.3) is 0 Å². The molecule has 1 aromatic rings. The third-order valence-corrected chi connectivity index (χ3v) is 4.37. The molecular formula is C17H30ClN3. The Hall–Kier alpha value is -0.610. The van der Waals surface area contributed by atoms with E-state index in [1.807, 2.05) is 12.1 Å². The van der Waals surface area contributed by atoms with Crippen molar-refractivity contribution in [2.45, 2.75) is 26.8 Å². The van der Waals surface area contributed by atoms with Crippen LogP contribution in [0.1, 0.15) is 32.4 Å². The maximum atomic E-state index is 6.06. The van der Waals surface area contributed by atoms with Crippen LogP contribution in [0, 0.1) is 0 Å². The van der Waals surface area contributed by atoms with Crippen molar-refractivity contribution in [3.63, 3.8) is 0 Å². The van der Waals surface area contributed by atoms with E-state index in [0.717, 1.165) is 44.3 Å². The van der Waals surface area contributed by atoms with Crippen molar-refractivity contribution >= 4 is 11.6 Å². The van der Waals surface area contributed by atoms with E-state index in [2.05, 4.69) is 55.1 Å². The molecule has 0 saturated heterocycles. The van der Waals surface area contributed by atoms with Crippen LogP contribution in [0.5, 0.6) is 0 Å². The predicted octanol–water partition coefficient (Wildman–Crippen LogP) is 3.26. The first-order chi connectivity index (χ1) is 10.1. The van der Waals surface area contributed by atoms with Crippen molar-refractivity contribution < 1.29 is 0 Å². The van der Waals surface area contributed by atoms with Gasteiger partial charge >= 0.3 is 0 Å². The lowest BCUT2D eigenvalue weighted by atomic mass is 10.1. The van der Waals surface area contributed by atoms with Crippen molar-refractivity contribution in [2.24, 2.45) is 0 Å². The molecule has 0 saturated carbocycles. The Kier molecular flexibility index (Phi) is 8.93.